The first kappa shape index (κ1) is 13.4. The first-order valence-corrected chi connectivity index (χ1v) is 6.59. The molecule has 0 aliphatic heterocycles. The number of carbonyl (C=O) groups is 1. The quantitative estimate of drug-likeness (QED) is 0.830. The van der Waals surface area contributed by atoms with Crippen molar-refractivity contribution < 1.29 is 9.21 Å². The lowest BCUT2D eigenvalue weighted by molar-refractivity contribution is 0.0989. The molecule has 0 radical (unpaired) electrons. The van der Waals surface area contributed by atoms with Crippen LogP contribution in [-0.4, -0.2) is 15.7 Å². The number of furan rings is 1. The molecule has 0 bridgehead atoms. The second-order valence-electron chi connectivity index (χ2n) is 4.54. The minimum Gasteiger partial charge on any atom is -0.469 e. The second-order valence-corrected chi connectivity index (χ2v) is 4.54. The molecule has 102 valence electrons. The van der Waals surface area contributed by atoms with Gasteiger partial charge in [-0.05, 0) is 31.0 Å². The maximum Gasteiger partial charge on any atom is 0.266 e. The van der Waals surface area contributed by atoms with Gasteiger partial charge in [0, 0.05) is 13.0 Å². The molecule has 0 saturated carbocycles. The smallest absolute Gasteiger partial charge is 0.266 e. The van der Waals surface area contributed by atoms with Crippen molar-refractivity contribution >= 4 is 5.91 Å². The van der Waals surface area contributed by atoms with Crippen molar-refractivity contribution in [2.75, 3.05) is 0 Å². The molecule has 0 spiro atoms. The van der Waals surface area contributed by atoms with E-state index < -0.39 is 5.91 Å². The molecule has 0 aromatic carbocycles. The van der Waals surface area contributed by atoms with E-state index >= 15 is 0 Å². The molecule has 0 fully saturated rings. The summed E-state index contributed by atoms with van der Waals surface area (Å²) in [4.78, 5) is 11.4. The van der Waals surface area contributed by atoms with Crippen molar-refractivity contribution in [3.05, 3.63) is 41.6 Å². The zero-order valence-electron chi connectivity index (χ0n) is 11.1. The summed E-state index contributed by atoms with van der Waals surface area (Å²) in [6, 6.07) is 5.55. The van der Waals surface area contributed by atoms with Gasteiger partial charge >= 0.3 is 0 Å². The van der Waals surface area contributed by atoms with Crippen LogP contribution in [0.25, 0.3) is 0 Å². The molecule has 2 N–H and O–H groups in total. The summed E-state index contributed by atoms with van der Waals surface area (Å²) in [6.45, 7) is 2.72. The van der Waals surface area contributed by atoms with Gasteiger partial charge in [0.25, 0.3) is 5.91 Å². The molecule has 1 amide bonds. The second kappa shape index (κ2) is 6.22. The fourth-order valence-corrected chi connectivity index (χ4v) is 1.99. The number of hydrogen-bond donors (Lipinski definition) is 1. The van der Waals surface area contributed by atoms with Crippen molar-refractivity contribution in [1.29, 1.82) is 0 Å². The number of carbonyl (C=O) groups excluding carboxylic acids is 1. The number of amides is 1. The Morgan fingerprint density at radius 1 is 1.47 bits per heavy atom. The van der Waals surface area contributed by atoms with Gasteiger partial charge in [-0.3, -0.25) is 9.48 Å². The van der Waals surface area contributed by atoms with Gasteiger partial charge in [0.2, 0.25) is 0 Å². The lowest BCUT2D eigenvalue weighted by Gasteiger charge is -2.03. The Morgan fingerprint density at radius 3 is 2.95 bits per heavy atom. The van der Waals surface area contributed by atoms with Gasteiger partial charge in [-0.2, -0.15) is 5.10 Å². The van der Waals surface area contributed by atoms with Crippen molar-refractivity contribution in [1.82, 2.24) is 9.78 Å². The van der Waals surface area contributed by atoms with Gasteiger partial charge in [-0.1, -0.05) is 13.3 Å². The maximum atomic E-state index is 11.4. The van der Waals surface area contributed by atoms with Crippen LogP contribution < -0.4 is 5.73 Å². The van der Waals surface area contributed by atoms with E-state index in [0.717, 1.165) is 30.7 Å². The molecule has 0 aliphatic carbocycles. The Morgan fingerprint density at radius 2 is 2.32 bits per heavy atom. The zero-order valence-corrected chi connectivity index (χ0v) is 11.1. The van der Waals surface area contributed by atoms with Gasteiger partial charge < -0.3 is 10.2 Å². The zero-order chi connectivity index (χ0) is 13.7. The minimum absolute atomic E-state index is 0.435. The van der Waals surface area contributed by atoms with Crippen molar-refractivity contribution in [2.24, 2.45) is 5.73 Å². The van der Waals surface area contributed by atoms with Crippen LogP contribution in [0.3, 0.4) is 0 Å². The Labute approximate surface area is 112 Å². The molecule has 0 saturated heterocycles. The number of aryl methyl sites for hydroxylation is 3. The summed E-state index contributed by atoms with van der Waals surface area (Å²) in [5, 5.41) is 4.44. The van der Waals surface area contributed by atoms with Gasteiger partial charge in [-0.15, -0.1) is 0 Å². The van der Waals surface area contributed by atoms with Gasteiger partial charge in [0.05, 0.1) is 12.0 Å². The number of rotatable bonds is 7. The van der Waals surface area contributed by atoms with E-state index in [0.29, 0.717) is 18.7 Å². The first-order chi connectivity index (χ1) is 9.20. The predicted molar refractivity (Wildman–Crippen MR) is 71.8 cm³/mol. The summed E-state index contributed by atoms with van der Waals surface area (Å²) in [7, 11) is 0. The van der Waals surface area contributed by atoms with E-state index in [1.54, 1.807) is 17.0 Å². The number of unbranched alkanes of at least 4 members (excludes halogenated alkanes) is 1. The molecule has 0 aliphatic rings. The highest BCUT2D eigenvalue weighted by Gasteiger charge is 2.12. The van der Waals surface area contributed by atoms with Gasteiger partial charge in [0.15, 0.2) is 0 Å². The van der Waals surface area contributed by atoms with Crippen LogP contribution in [0.4, 0.5) is 0 Å². The Balaban J connectivity index is 2.08. The largest absolute Gasteiger partial charge is 0.469 e. The number of primary amides is 1. The molecule has 5 heteroatoms. The van der Waals surface area contributed by atoms with Crippen LogP contribution in [-0.2, 0) is 19.4 Å². The average Bonchev–Trinajstić information content (AvgIpc) is 3.03. The van der Waals surface area contributed by atoms with E-state index in [9.17, 15) is 4.79 Å². The van der Waals surface area contributed by atoms with E-state index in [1.807, 2.05) is 12.1 Å². The molecule has 5 nitrogen and oxygen atoms in total. The highest BCUT2D eigenvalue weighted by atomic mass is 16.3. The minimum atomic E-state index is -0.435. The summed E-state index contributed by atoms with van der Waals surface area (Å²) in [5.41, 5.74) is 6.78. The number of nitrogens with two attached hydrogens (primary N) is 1. The molecule has 19 heavy (non-hydrogen) atoms. The molecular formula is C14H19N3O2. The predicted octanol–water partition coefficient (Wildman–Crippen LogP) is 2.16. The lowest BCUT2D eigenvalue weighted by Crippen LogP contribution is -2.18. The lowest BCUT2D eigenvalue weighted by atomic mass is 10.2. The van der Waals surface area contributed by atoms with Gasteiger partial charge in [0.1, 0.15) is 11.5 Å². The van der Waals surface area contributed by atoms with E-state index in [1.165, 1.54) is 0 Å². The van der Waals surface area contributed by atoms with Crippen LogP contribution in [0.5, 0.6) is 0 Å². The van der Waals surface area contributed by atoms with Crippen molar-refractivity contribution in [3.8, 4) is 0 Å². The highest BCUT2D eigenvalue weighted by Crippen LogP contribution is 2.10. The third-order valence-corrected chi connectivity index (χ3v) is 3.02. The summed E-state index contributed by atoms with van der Waals surface area (Å²) in [5.74, 6) is 0.440. The topological polar surface area (TPSA) is 74.1 Å². The molecular weight excluding hydrogens is 242 g/mol. The Bertz CT molecular complexity index is 529. The van der Waals surface area contributed by atoms with E-state index in [4.69, 9.17) is 10.2 Å². The molecule has 0 atom stereocenters. The van der Waals surface area contributed by atoms with Crippen LogP contribution in [0.1, 0.15) is 41.7 Å². The van der Waals surface area contributed by atoms with Crippen LogP contribution in [0, 0.1) is 0 Å². The Kier molecular flexibility index (Phi) is 4.39. The molecule has 0 unspecified atom stereocenters. The van der Waals surface area contributed by atoms with Crippen LogP contribution in [0.15, 0.2) is 28.9 Å². The van der Waals surface area contributed by atoms with E-state index in [2.05, 4.69) is 12.0 Å². The number of nitrogens with zero attached hydrogens (tertiary/aromatic N) is 2. The van der Waals surface area contributed by atoms with Gasteiger partial charge in [-0.25, -0.2) is 0 Å². The Hall–Kier alpha value is -2.04. The average molecular weight is 261 g/mol. The molecule has 2 rings (SSSR count). The SMILES string of the molecule is CCCCc1cc(C(N)=O)n(CCc2ccco2)n1. The molecule has 2 heterocycles. The van der Waals surface area contributed by atoms with E-state index in [-0.39, 0.29) is 0 Å². The summed E-state index contributed by atoms with van der Waals surface area (Å²) < 4.78 is 6.95. The van der Waals surface area contributed by atoms with Crippen molar-refractivity contribution in [2.45, 2.75) is 39.2 Å². The van der Waals surface area contributed by atoms with Crippen LogP contribution >= 0.6 is 0 Å². The number of aromatic nitrogens is 2. The molecule has 2 aromatic heterocycles. The fourth-order valence-electron chi connectivity index (χ4n) is 1.99. The molecule has 2 aromatic rings. The monoisotopic (exact) mass is 261 g/mol. The number of hydrogen-bond acceptors (Lipinski definition) is 3. The summed E-state index contributed by atoms with van der Waals surface area (Å²) >= 11 is 0. The fraction of sp³-hybridized carbons (Fsp3) is 0.429. The maximum absolute atomic E-state index is 11.4. The van der Waals surface area contributed by atoms with Crippen molar-refractivity contribution in [3.63, 3.8) is 0 Å². The summed E-state index contributed by atoms with van der Waals surface area (Å²) in [6.07, 6.45) is 5.38. The third kappa shape index (κ3) is 3.47. The normalized spacial score (nSPS) is 10.8. The standard InChI is InChI=1S/C14H19N3O2/c1-2-3-5-11-10-13(14(15)18)17(16-11)8-7-12-6-4-9-19-12/h4,6,9-10H,2-3,5,7-8H2,1H3,(H2,15,18). The highest BCUT2D eigenvalue weighted by molar-refractivity contribution is 5.91. The third-order valence-electron chi connectivity index (χ3n) is 3.02. The first-order valence-electron chi connectivity index (χ1n) is 6.59. The van der Waals surface area contributed by atoms with Crippen LogP contribution in [0.2, 0.25) is 0 Å².